The third-order valence-corrected chi connectivity index (χ3v) is 6.69. The van der Waals surface area contributed by atoms with Gasteiger partial charge in [-0.2, -0.15) is 0 Å². The molecular weight excluding hydrogens is 358 g/mol. The van der Waals surface area contributed by atoms with Gasteiger partial charge in [-0.1, -0.05) is 25.1 Å². The molecule has 136 valence electrons. The molecule has 0 saturated carbocycles. The lowest BCUT2D eigenvalue weighted by Gasteiger charge is -2.05. The quantitative estimate of drug-likeness (QED) is 0.549. The number of thiophene rings is 1. The predicted molar refractivity (Wildman–Crippen MR) is 108 cm³/mol. The number of fused-ring (bicyclic) bond motifs is 4. The predicted octanol–water partition coefficient (Wildman–Crippen LogP) is 3.87. The second-order valence-electron chi connectivity index (χ2n) is 7.03. The van der Waals surface area contributed by atoms with E-state index < -0.39 is 0 Å². The van der Waals surface area contributed by atoms with Crippen LogP contribution >= 0.6 is 11.3 Å². The standard InChI is InChI=1S/C21H19N3O2S/c1-2-12-5-3-6-13-15(9-22-19(12)13)16(25)10-24-11-23-20-18(21(24)26)14-7-4-8-17(14)27-20/h3,5-6,9,11,22H,2,4,7-8,10H2,1H3. The molecule has 1 aromatic carbocycles. The largest absolute Gasteiger partial charge is 0.360 e. The van der Waals surface area contributed by atoms with E-state index in [2.05, 4.69) is 23.0 Å². The fourth-order valence-corrected chi connectivity index (χ4v) is 5.33. The van der Waals surface area contributed by atoms with Gasteiger partial charge in [-0.3, -0.25) is 14.2 Å². The summed E-state index contributed by atoms with van der Waals surface area (Å²) in [7, 11) is 0. The molecule has 3 heterocycles. The topological polar surface area (TPSA) is 67.8 Å². The minimum atomic E-state index is -0.0955. The van der Waals surface area contributed by atoms with Gasteiger partial charge in [0.05, 0.1) is 18.3 Å². The number of benzene rings is 1. The van der Waals surface area contributed by atoms with Crippen molar-refractivity contribution >= 4 is 38.2 Å². The highest BCUT2D eigenvalue weighted by atomic mass is 32.1. The van der Waals surface area contributed by atoms with Gasteiger partial charge < -0.3 is 4.98 Å². The van der Waals surface area contributed by atoms with Crippen LogP contribution < -0.4 is 5.56 Å². The third kappa shape index (κ3) is 2.47. The zero-order valence-corrected chi connectivity index (χ0v) is 15.9. The maximum atomic E-state index is 13.0. The van der Waals surface area contributed by atoms with Gasteiger partial charge in [-0.05, 0) is 36.8 Å². The lowest BCUT2D eigenvalue weighted by Crippen LogP contribution is -2.24. The van der Waals surface area contributed by atoms with Gasteiger partial charge in [0.25, 0.3) is 5.56 Å². The number of hydrogen-bond donors (Lipinski definition) is 1. The van der Waals surface area contributed by atoms with E-state index in [9.17, 15) is 9.59 Å². The molecule has 1 N–H and O–H groups in total. The van der Waals surface area contributed by atoms with Crippen molar-refractivity contribution in [2.75, 3.05) is 0 Å². The molecule has 4 aromatic rings. The van der Waals surface area contributed by atoms with Crippen LogP contribution in [-0.2, 0) is 25.8 Å². The lowest BCUT2D eigenvalue weighted by molar-refractivity contribution is 0.0972. The van der Waals surface area contributed by atoms with Crippen LogP contribution in [0.1, 0.15) is 39.7 Å². The molecule has 27 heavy (non-hydrogen) atoms. The van der Waals surface area contributed by atoms with E-state index in [1.165, 1.54) is 21.3 Å². The summed E-state index contributed by atoms with van der Waals surface area (Å²) in [6, 6.07) is 5.99. The second kappa shape index (κ2) is 6.16. The number of carbonyl (C=O) groups excluding carboxylic acids is 1. The molecule has 6 heteroatoms. The maximum Gasteiger partial charge on any atom is 0.262 e. The Morgan fingerprint density at radius 1 is 1.33 bits per heavy atom. The van der Waals surface area contributed by atoms with E-state index in [4.69, 9.17) is 0 Å². The summed E-state index contributed by atoms with van der Waals surface area (Å²) in [5.74, 6) is -0.0790. The fraction of sp³-hybridized carbons (Fsp3) is 0.286. The van der Waals surface area contributed by atoms with Gasteiger partial charge in [-0.15, -0.1) is 11.3 Å². The van der Waals surface area contributed by atoms with Crippen LogP contribution in [0, 0.1) is 0 Å². The van der Waals surface area contributed by atoms with Crippen molar-refractivity contribution in [1.29, 1.82) is 0 Å². The Hall–Kier alpha value is -2.73. The molecule has 0 atom stereocenters. The van der Waals surface area contributed by atoms with Crippen LogP contribution in [-0.4, -0.2) is 20.3 Å². The molecule has 0 amide bonds. The first-order valence-electron chi connectivity index (χ1n) is 9.29. The molecule has 3 aromatic heterocycles. The Balaban J connectivity index is 1.55. The number of nitrogens with one attached hydrogen (secondary N) is 1. The van der Waals surface area contributed by atoms with E-state index in [0.29, 0.717) is 5.56 Å². The number of carbonyl (C=O) groups is 1. The molecule has 5 rings (SSSR count). The number of aromatic amines is 1. The van der Waals surface area contributed by atoms with E-state index >= 15 is 0 Å². The minimum absolute atomic E-state index is 0.00962. The first-order chi connectivity index (χ1) is 13.2. The number of aromatic nitrogens is 3. The van der Waals surface area contributed by atoms with Gasteiger partial charge in [0.15, 0.2) is 5.78 Å². The van der Waals surface area contributed by atoms with Gasteiger partial charge >= 0.3 is 0 Å². The molecule has 1 aliphatic rings. The average molecular weight is 377 g/mol. The van der Waals surface area contributed by atoms with Crippen LogP contribution in [0.25, 0.3) is 21.1 Å². The number of rotatable bonds is 4. The molecular formula is C21H19N3O2S. The fourth-order valence-electron chi connectivity index (χ4n) is 4.11. The monoisotopic (exact) mass is 377 g/mol. The molecule has 0 spiro atoms. The number of nitrogens with zero attached hydrogens (tertiary/aromatic N) is 2. The summed E-state index contributed by atoms with van der Waals surface area (Å²) in [6.07, 6.45) is 7.23. The number of para-hydroxylation sites is 1. The SMILES string of the molecule is CCc1cccc2c(C(=O)Cn3cnc4sc5c(c4c3=O)CCC5)c[nH]c12. The van der Waals surface area contributed by atoms with E-state index in [0.717, 1.165) is 52.4 Å². The molecule has 1 aliphatic carbocycles. The van der Waals surface area contributed by atoms with Gasteiger partial charge in [-0.25, -0.2) is 4.98 Å². The summed E-state index contributed by atoms with van der Waals surface area (Å²) in [5, 5.41) is 1.63. The Kier molecular flexibility index (Phi) is 3.75. The molecule has 0 bridgehead atoms. The van der Waals surface area contributed by atoms with Crippen molar-refractivity contribution in [3.8, 4) is 0 Å². The summed E-state index contributed by atoms with van der Waals surface area (Å²) in [5.41, 5.74) is 3.86. The van der Waals surface area contributed by atoms with Crippen LogP contribution in [0.4, 0.5) is 0 Å². The summed E-state index contributed by atoms with van der Waals surface area (Å²) >= 11 is 1.62. The van der Waals surface area contributed by atoms with E-state index in [-0.39, 0.29) is 17.9 Å². The Bertz CT molecular complexity index is 1260. The summed E-state index contributed by atoms with van der Waals surface area (Å²) in [6.45, 7) is 2.10. The molecule has 0 radical (unpaired) electrons. The van der Waals surface area contributed by atoms with Crippen molar-refractivity contribution in [3.05, 3.63) is 62.6 Å². The van der Waals surface area contributed by atoms with Crippen molar-refractivity contribution in [3.63, 3.8) is 0 Å². The normalized spacial score (nSPS) is 13.5. The van der Waals surface area contributed by atoms with Crippen LogP contribution in [0.15, 0.2) is 35.5 Å². The smallest absolute Gasteiger partial charge is 0.262 e. The average Bonchev–Trinajstić information content (AvgIpc) is 3.37. The van der Waals surface area contributed by atoms with E-state index in [1.807, 2.05) is 12.1 Å². The molecule has 5 nitrogen and oxygen atoms in total. The van der Waals surface area contributed by atoms with Gasteiger partial charge in [0, 0.05) is 27.5 Å². The Morgan fingerprint density at radius 2 is 2.22 bits per heavy atom. The highest BCUT2D eigenvalue weighted by molar-refractivity contribution is 7.18. The molecule has 0 aliphatic heterocycles. The minimum Gasteiger partial charge on any atom is -0.360 e. The molecule has 0 fully saturated rings. The number of H-pyrrole nitrogens is 1. The number of hydrogen-bond acceptors (Lipinski definition) is 4. The van der Waals surface area contributed by atoms with Crippen molar-refractivity contribution < 1.29 is 4.79 Å². The molecule has 0 saturated heterocycles. The Morgan fingerprint density at radius 3 is 3.07 bits per heavy atom. The van der Waals surface area contributed by atoms with Crippen LogP contribution in [0.2, 0.25) is 0 Å². The highest BCUT2D eigenvalue weighted by Gasteiger charge is 2.22. The summed E-state index contributed by atoms with van der Waals surface area (Å²) in [4.78, 5) is 35.7. The number of ketones is 1. The van der Waals surface area contributed by atoms with Gasteiger partial charge in [0.1, 0.15) is 4.83 Å². The number of Topliss-reactive ketones (excluding diaryl/α,β-unsaturated/α-hetero) is 1. The van der Waals surface area contributed by atoms with Gasteiger partial charge in [0.2, 0.25) is 0 Å². The maximum absolute atomic E-state index is 13.0. The van der Waals surface area contributed by atoms with Crippen molar-refractivity contribution in [2.24, 2.45) is 0 Å². The van der Waals surface area contributed by atoms with Crippen LogP contribution in [0.5, 0.6) is 0 Å². The van der Waals surface area contributed by atoms with Crippen LogP contribution in [0.3, 0.4) is 0 Å². The zero-order valence-electron chi connectivity index (χ0n) is 15.0. The highest BCUT2D eigenvalue weighted by Crippen LogP contribution is 2.34. The lowest BCUT2D eigenvalue weighted by atomic mass is 10.0. The Labute approximate surface area is 159 Å². The van der Waals surface area contributed by atoms with E-state index in [1.54, 1.807) is 17.5 Å². The number of aryl methyl sites for hydroxylation is 3. The second-order valence-corrected chi connectivity index (χ2v) is 8.12. The first kappa shape index (κ1) is 16.4. The van der Waals surface area contributed by atoms with Crippen molar-refractivity contribution in [1.82, 2.24) is 14.5 Å². The molecule has 0 unspecified atom stereocenters. The summed E-state index contributed by atoms with van der Waals surface area (Å²) < 4.78 is 1.46. The zero-order chi connectivity index (χ0) is 18.5. The van der Waals surface area contributed by atoms with Crippen molar-refractivity contribution in [2.45, 2.75) is 39.2 Å². The first-order valence-corrected chi connectivity index (χ1v) is 10.1. The third-order valence-electron chi connectivity index (χ3n) is 5.49.